The standard InChI is InChI=1S/C16H17BrN2/c17-16-6-2-4-13-11-19(8-7-15(13)16)10-12-3-1-5-14(18)9-12/h1-6,9H,7-8,10-11,18H2. The molecule has 98 valence electrons. The third-order valence-corrected chi connectivity index (χ3v) is 4.39. The van der Waals surface area contributed by atoms with E-state index in [-0.39, 0.29) is 0 Å². The predicted octanol–water partition coefficient (Wildman–Crippen LogP) is 3.59. The molecule has 0 amide bonds. The molecule has 3 heteroatoms. The third-order valence-electron chi connectivity index (χ3n) is 3.65. The zero-order valence-electron chi connectivity index (χ0n) is 10.8. The third kappa shape index (κ3) is 2.82. The minimum Gasteiger partial charge on any atom is -0.399 e. The number of benzene rings is 2. The molecule has 1 aliphatic heterocycles. The lowest BCUT2D eigenvalue weighted by Gasteiger charge is -2.29. The second kappa shape index (κ2) is 5.35. The number of nitrogens with two attached hydrogens (primary N) is 1. The van der Waals surface area contributed by atoms with E-state index in [9.17, 15) is 0 Å². The largest absolute Gasteiger partial charge is 0.399 e. The van der Waals surface area contributed by atoms with Gasteiger partial charge in [0.05, 0.1) is 0 Å². The summed E-state index contributed by atoms with van der Waals surface area (Å²) in [6.07, 6.45) is 1.11. The van der Waals surface area contributed by atoms with Gasteiger partial charge in [0.15, 0.2) is 0 Å². The molecule has 1 heterocycles. The highest BCUT2D eigenvalue weighted by Crippen LogP contribution is 2.27. The highest BCUT2D eigenvalue weighted by atomic mass is 79.9. The zero-order valence-corrected chi connectivity index (χ0v) is 12.4. The SMILES string of the molecule is Nc1cccc(CN2CCc3c(Br)cccc3C2)c1. The molecule has 2 aromatic rings. The van der Waals surface area contributed by atoms with Gasteiger partial charge < -0.3 is 5.73 Å². The number of nitrogens with zero attached hydrogens (tertiary/aromatic N) is 1. The van der Waals surface area contributed by atoms with Crippen molar-refractivity contribution in [2.75, 3.05) is 12.3 Å². The van der Waals surface area contributed by atoms with Gasteiger partial charge in [0.1, 0.15) is 0 Å². The van der Waals surface area contributed by atoms with Gasteiger partial charge in [-0.2, -0.15) is 0 Å². The zero-order chi connectivity index (χ0) is 13.2. The Balaban J connectivity index is 1.76. The second-order valence-corrected chi connectivity index (χ2v) is 5.94. The highest BCUT2D eigenvalue weighted by molar-refractivity contribution is 9.10. The summed E-state index contributed by atoms with van der Waals surface area (Å²) in [5.41, 5.74) is 10.9. The van der Waals surface area contributed by atoms with E-state index in [2.05, 4.69) is 51.2 Å². The van der Waals surface area contributed by atoms with Gasteiger partial charge in [-0.15, -0.1) is 0 Å². The van der Waals surface area contributed by atoms with Gasteiger partial charge in [-0.3, -0.25) is 4.90 Å². The van der Waals surface area contributed by atoms with Gasteiger partial charge in [0.25, 0.3) is 0 Å². The average Bonchev–Trinajstić information content (AvgIpc) is 2.39. The van der Waals surface area contributed by atoms with Crippen LogP contribution >= 0.6 is 15.9 Å². The average molecular weight is 317 g/mol. The normalized spacial score (nSPS) is 15.2. The predicted molar refractivity (Wildman–Crippen MR) is 82.8 cm³/mol. The summed E-state index contributed by atoms with van der Waals surface area (Å²) >= 11 is 3.64. The van der Waals surface area contributed by atoms with Gasteiger partial charge in [0, 0.05) is 29.8 Å². The molecule has 0 fully saturated rings. The van der Waals surface area contributed by atoms with Crippen LogP contribution in [0.25, 0.3) is 0 Å². The monoisotopic (exact) mass is 316 g/mol. The lowest BCUT2D eigenvalue weighted by atomic mass is 9.99. The van der Waals surface area contributed by atoms with E-state index in [1.165, 1.54) is 21.2 Å². The first kappa shape index (κ1) is 12.7. The molecule has 19 heavy (non-hydrogen) atoms. The molecule has 1 aliphatic rings. The molecular weight excluding hydrogens is 300 g/mol. The minimum absolute atomic E-state index is 0.845. The topological polar surface area (TPSA) is 29.3 Å². The Hall–Kier alpha value is -1.32. The minimum atomic E-state index is 0.845. The van der Waals surface area contributed by atoms with Crippen molar-refractivity contribution in [2.24, 2.45) is 0 Å². The van der Waals surface area contributed by atoms with Crippen molar-refractivity contribution in [1.82, 2.24) is 4.90 Å². The summed E-state index contributed by atoms with van der Waals surface area (Å²) in [4.78, 5) is 2.48. The molecule has 0 aromatic heterocycles. The van der Waals surface area contributed by atoms with Crippen molar-refractivity contribution in [3.05, 3.63) is 63.6 Å². The fraction of sp³-hybridized carbons (Fsp3) is 0.250. The van der Waals surface area contributed by atoms with Crippen molar-refractivity contribution in [2.45, 2.75) is 19.5 Å². The molecule has 0 bridgehead atoms. The van der Waals surface area contributed by atoms with Gasteiger partial charge in [-0.05, 0) is 41.3 Å². The summed E-state index contributed by atoms with van der Waals surface area (Å²) < 4.78 is 1.24. The summed E-state index contributed by atoms with van der Waals surface area (Å²) in [6, 6.07) is 14.7. The number of hydrogen-bond acceptors (Lipinski definition) is 2. The fourth-order valence-corrected chi connectivity index (χ4v) is 3.31. The number of hydrogen-bond donors (Lipinski definition) is 1. The van der Waals surface area contributed by atoms with Crippen molar-refractivity contribution in [3.8, 4) is 0 Å². The molecule has 0 radical (unpaired) electrons. The van der Waals surface area contributed by atoms with Crippen LogP contribution in [0.5, 0.6) is 0 Å². The Kier molecular flexibility index (Phi) is 3.58. The summed E-state index contributed by atoms with van der Waals surface area (Å²) in [5, 5.41) is 0. The highest BCUT2D eigenvalue weighted by Gasteiger charge is 2.17. The van der Waals surface area contributed by atoms with Gasteiger partial charge in [-0.1, -0.05) is 40.2 Å². The van der Waals surface area contributed by atoms with Crippen LogP contribution < -0.4 is 5.73 Å². The van der Waals surface area contributed by atoms with E-state index >= 15 is 0 Å². The Bertz CT molecular complexity index is 595. The van der Waals surface area contributed by atoms with Crippen LogP contribution in [0.2, 0.25) is 0 Å². The number of rotatable bonds is 2. The fourth-order valence-electron chi connectivity index (χ4n) is 2.71. The second-order valence-electron chi connectivity index (χ2n) is 5.08. The van der Waals surface area contributed by atoms with Crippen molar-refractivity contribution < 1.29 is 0 Å². The molecule has 3 rings (SSSR count). The molecule has 2 nitrogen and oxygen atoms in total. The Labute approximate surface area is 122 Å². The summed E-state index contributed by atoms with van der Waals surface area (Å²) in [6.45, 7) is 3.09. The molecular formula is C16H17BrN2. The number of nitrogen functional groups attached to an aromatic ring is 1. The first-order valence-corrected chi connectivity index (χ1v) is 7.35. The number of fused-ring (bicyclic) bond motifs is 1. The Morgan fingerprint density at radius 3 is 2.84 bits per heavy atom. The van der Waals surface area contributed by atoms with Gasteiger partial charge >= 0.3 is 0 Å². The van der Waals surface area contributed by atoms with Gasteiger partial charge in [0.2, 0.25) is 0 Å². The van der Waals surface area contributed by atoms with E-state index in [0.29, 0.717) is 0 Å². The molecule has 0 saturated carbocycles. The molecule has 0 unspecified atom stereocenters. The Morgan fingerprint density at radius 1 is 1.16 bits per heavy atom. The van der Waals surface area contributed by atoms with E-state index < -0.39 is 0 Å². The van der Waals surface area contributed by atoms with E-state index in [1.54, 1.807) is 0 Å². The number of halogens is 1. The van der Waals surface area contributed by atoms with Crippen LogP contribution in [0.15, 0.2) is 46.9 Å². The maximum Gasteiger partial charge on any atom is 0.0317 e. The smallest absolute Gasteiger partial charge is 0.0317 e. The maximum absolute atomic E-state index is 5.84. The summed E-state index contributed by atoms with van der Waals surface area (Å²) in [7, 11) is 0. The van der Waals surface area contributed by atoms with E-state index in [4.69, 9.17) is 5.73 Å². The number of anilines is 1. The lowest BCUT2D eigenvalue weighted by Crippen LogP contribution is -2.30. The van der Waals surface area contributed by atoms with Crippen molar-refractivity contribution >= 4 is 21.6 Å². The van der Waals surface area contributed by atoms with Crippen LogP contribution in [0.3, 0.4) is 0 Å². The first-order valence-electron chi connectivity index (χ1n) is 6.55. The molecule has 0 spiro atoms. The van der Waals surface area contributed by atoms with Crippen LogP contribution in [0.4, 0.5) is 5.69 Å². The van der Waals surface area contributed by atoms with E-state index in [1.807, 2.05) is 12.1 Å². The summed E-state index contributed by atoms with van der Waals surface area (Å²) in [5.74, 6) is 0. The van der Waals surface area contributed by atoms with Crippen LogP contribution in [-0.2, 0) is 19.5 Å². The van der Waals surface area contributed by atoms with Gasteiger partial charge in [-0.25, -0.2) is 0 Å². The molecule has 0 saturated heterocycles. The lowest BCUT2D eigenvalue weighted by molar-refractivity contribution is 0.245. The molecule has 2 aromatic carbocycles. The van der Waals surface area contributed by atoms with Crippen molar-refractivity contribution in [3.63, 3.8) is 0 Å². The Morgan fingerprint density at radius 2 is 2.00 bits per heavy atom. The van der Waals surface area contributed by atoms with E-state index in [0.717, 1.165) is 31.7 Å². The quantitative estimate of drug-likeness (QED) is 0.858. The molecule has 0 atom stereocenters. The first-order chi connectivity index (χ1) is 9.22. The van der Waals surface area contributed by atoms with Crippen molar-refractivity contribution in [1.29, 1.82) is 0 Å². The molecule has 0 aliphatic carbocycles. The van der Waals surface area contributed by atoms with Crippen LogP contribution in [0.1, 0.15) is 16.7 Å². The maximum atomic E-state index is 5.84. The van der Waals surface area contributed by atoms with Crippen LogP contribution in [0, 0.1) is 0 Å². The molecule has 2 N–H and O–H groups in total. The van der Waals surface area contributed by atoms with Crippen LogP contribution in [-0.4, -0.2) is 11.4 Å².